The summed E-state index contributed by atoms with van der Waals surface area (Å²) in [5.41, 5.74) is 3.10. The first-order chi connectivity index (χ1) is 10.7. The molecular formula is C17H17IN2O2. The van der Waals surface area contributed by atoms with Gasteiger partial charge >= 0.3 is 0 Å². The van der Waals surface area contributed by atoms with Crippen molar-refractivity contribution in [3.05, 3.63) is 51.6 Å². The van der Waals surface area contributed by atoms with E-state index < -0.39 is 0 Å². The number of benzene rings is 2. The lowest BCUT2D eigenvalue weighted by Gasteiger charge is -2.28. The van der Waals surface area contributed by atoms with Gasteiger partial charge in [0.05, 0.1) is 22.5 Å². The van der Waals surface area contributed by atoms with Crippen LogP contribution in [0.15, 0.2) is 47.5 Å². The molecule has 1 aliphatic rings. The molecule has 0 bridgehead atoms. The van der Waals surface area contributed by atoms with Crippen LogP contribution in [-0.2, 0) is 4.74 Å². The first kappa shape index (κ1) is 15.3. The summed E-state index contributed by atoms with van der Waals surface area (Å²) in [6.07, 6.45) is 1.81. The normalized spacial score (nSPS) is 15.4. The van der Waals surface area contributed by atoms with Crippen LogP contribution in [0.1, 0.15) is 5.56 Å². The fourth-order valence-corrected chi connectivity index (χ4v) is 2.86. The van der Waals surface area contributed by atoms with Gasteiger partial charge in [0.25, 0.3) is 0 Å². The van der Waals surface area contributed by atoms with Crippen LogP contribution in [-0.4, -0.2) is 37.6 Å². The zero-order chi connectivity index (χ0) is 15.4. The van der Waals surface area contributed by atoms with Gasteiger partial charge in [0.2, 0.25) is 0 Å². The van der Waals surface area contributed by atoms with Crippen molar-refractivity contribution in [2.24, 2.45) is 4.99 Å². The summed E-state index contributed by atoms with van der Waals surface area (Å²) in [7, 11) is 0. The summed E-state index contributed by atoms with van der Waals surface area (Å²) in [5.74, 6) is 0.299. The lowest BCUT2D eigenvalue weighted by atomic mass is 10.2. The molecule has 0 aliphatic carbocycles. The largest absolute Gasteiger partial charge is 0.507 e. The van der Waals surface area contributed by atoms with E-state index in [9.17, 15) is 5.11 Å². The Balaban J connectivity index is 1.69. The molecule has 0 spiro atoms. The number of hydrogen-bond acceptors (Lipinski definition) is 4. The number of nitrogens with zero attached hydrogens (tertiary/aromatic N) is 2. The second-order valence-corrected chi connectivity index (χ2v) is 6.25. The molecule has 1 saturated heterocycles. The van der Waals surface area contributed by atoms with Crippen molar-refractivity contribution in [2.45, 2.75) is 0 Å². The number of hydrogen-bond donors (Lipinski definition) is 1. The Morgan fingerprint density at radius 2 is 1.82 bits per heavy atom. The minimum absolute atomic E-state index is 0.299. The molecular weight excluding hydrogens is 391 g/mol. The average Bonchev–Trinajstić information content (AvgIpc) is 2.57. The second kappa shape index (κ2) is 7.11. The molecule has 0 saturated carbocycles. The first-order valence-electron chi connectivity index (χ1n) is 7.18. The molecule has 2 aromatic carbocycles. The zero-order valence-corrected chi connectivity index (χ0v) is 14.2. The number of morpholine rings is 1. The molecule has 0 radical (unpaired) electrons. The topological polar surface area (TPSA) is 45.1 Å². The van der Waals surface area contributed by atoms with E-state index in [1.54, 1.807) is 6.07 Å². The van der Waals surface area contributed by atoms with Gasteiger partial charge < -0.3 is 14.7 Å². The maximum absolute atomic E-state index is 9.52. The van der Waals surface area contributed by atoms with Gasteiger partial charge in [-0.2, -0.15) is 0 Å². The molecule has 1 heterocycles. The third-order valence-electron chi connectivity index (χ3n) is 3.56. The minimum atomic E-state index is 0.299. The molecule has 22 heavy (non-hydrogen) atoms. The van der Waals surface area contributed by atoms with E-state index >= 15 is 0 Å². The first-order valence-corrected chi connectivity index (χ1v) is 8.25. The highest BCUT2D eigenvalue weighted by Crippen LogP contribution is 2.22. The highest BCUT2D eigenvalue weighted by Gasteiger charge is 2.10. The van der Waals surface area contributed by atoms with E-state index in [-0.39, 0.29) is 0 Å². The SMILES string of the molecule is Oc1ccc(C=Nc2ccc(N3CCOCC3)cc2)cc1I. The van der Waals surface area contributed by atoms with Crippen LogP contribution in [0.3, 0.4) is 0 Å². The Bertz CT molecular complexity index is 665. The second-order valence-electron chi connectivity index (χ2n) is 5.08. The number of anilines is 1. The van der Waals surface area contributed by atoms with Crippen LogP contribution in [0.5, 0.6) is 5.75 Å². The predicted octanol–water partition coefficient (Wildman–Crippen LogP) is 3.58. The summed E-state index contributed by atoms with van der Waals surface area (Å²) in [6, 6.07) is 13.7. The molecule has 0 unspecified atom stereocenters. The van der Waals surface area contributed by atoms with Crippen LogP contribution >= 0.6 is 22.6 Å². The van der Waals surface area contributed by atoms with E-state index in [4.69, 9.17) is 4.74 Å². The fraction of sp³-hybridized carbons (Fsp3) is 0.235. The predicted molar refractivity (Wildman–Crippen MR) is 97.6 cm³/mol. The standard InChI is InChI=1S/C17H17IN2O2/c18-16-11-13(1-6-17(16)21)12-19-14-2-4-15(5-3-14)20-7-9-22-10-8-20/h1-6,11-12,21H,7-10H2. The molecule has 0 aromatic heterocycles. The number of aromatic hydroxyl groups is 1. The fourth-order valence-electron chi connectivity index (χ4n) is 2.32. The molecule has 4 nitrogen and oxygen atoms in total. The van der Waals surface area contributed by atoms with E-state index in [0.717, 1.165) is 41.1 Å². The van der Waals surface area contributed by atoms with Crippen molar-refractivity contribution < 1.29 is 9.84 Å². The summed E-state index contributed by atoms with van der Waals surface area (Å²) in [6.45, 7) is 3.46. The van der Waals surface area contributed by atoms with Crippen molar-refractivity contribution in [3.63, 3.8) is 0 Å². The molecule has 0 amide bonds. The van der Waals surface area contributed by atoms with Gasteiger partial charge in [-0.15, -0.1) is 0 Å². The third-order valence-corrected chi connectivity index (χ3v) is 4.42. The zero-order valence-electron chi connectivity index (χ0n) is 12.1. The molecule has 3 rings (SSSR count). The van der Waals surface area contributed by atoms with Gasteiger partial charge in [-0.3, -0.25) is 4.99 Å². The molecule has 114 valence electrons. The quantitative estimate of drug-likeness (QED) is 0.624. The van der Waals surface area contributed by atoms with Gasteiger partial charge in [-0.05, 0) is 70.6 Å². The lowest BCUT2D eigenvalue weighted by Crippen LogP contribution is -2.36. The number of aliphatic imine (C=N–C) groups is 1. The maximum Gasteiger partial charge on any atom is 0.128 e. The number of rotatable bonds is 3. The number of halogens is 1. The van der Waals surface area contributed by atoms with Crippen molar-refractivity contribution in [3.8, 4) is 5.75 Å². The van der Waals surface area contributed by atoms with Crippen LogP contribution in [0.4, 0.5) is 11.4 Å². The van der Waals surface area contributed by atoms with Crippen LogP contribution in [0.2, 0.25) is 0 Å². The number of ether oxygens (including phenoxy) is 1. The maximum atomic E-state index is 9.52. The Hall–Kier alpha value is -1.60. The summed E-state index contributed by atoms with van der Waals surface area (Å²) in [5, 5.41) is 9.52. The summed E-state index contributed by atoms with van der Waals surface area (Å²) in [4.78, 5) is 6.80. The minimum Gasteiger partial charge on any atom is -0.507 e. The molecule has 5 heteroatoms. The molecule has 1 fully saturated rings. The van der Waals surface area contributed by atoms with Crippen LogP contribution in [0.25, 0.3) is 0 Å². The monoisotopic (exact) mass is 408 g/mol. The van der Waals surface area contributed by atoms with E-state index in [1.807, 2.05) is 30.5 Å². The van der Waals surface area contributed by atoms with Crippen molar-refractivity contribution >= 4 is 40.2 Å². The van der Waals surface area contributed by atoms with Gasteiger partial charge in [0.15, 0.2) is 0 Å². The van der Waals surface area contributed by atoms with Crippen molar-refractivity contribution in [2.75, 3.05) is 31.2 Å². The van der Waals surface area contributed by atoms with Crippen LogP contribution < -0.4 is 4.90 Å². The Kier molecular flexibility index (Phi) is 4.94. The Labute approximate surface area is 143 Å². The molecule has 1 aliphatic heterocycles. The number of phenolic OH excluding ortho intramolecular Hbond substituents is 1. The summed E-state index contributed by atoms with van der Waals surface area (Å²) < 4.78 is 6.19. The Morgan fingerprint density at radius 1 is 1.09 bits per heavy atom. The van der Waals surface area contributed by atoms with Gasteiger partial charge in [-0.1, -0.05) is 0 Å². The van der Waals surface area contributed by atoms with Gasteiger partial charge in [0.1, 0.15) is 5.75 Å². The lowest BCUT2D eigenvalue weighted by molar-refractivity contribution is 0.122. The molecule has 1 N–H and O–H groups in total. The average molecular weight is 408 g/mol. The van der Waals surface area contributed by atoms with Crippen molar-refractivity contribution in [1.82, 2.24) is 0 Å². The molecule has 2 aromatic rings. The van der Waals surface area contributed by atoms with E-state index in [0.29, 0.717) is 5.75 Å². The highest BCUT2D eigenvalue weighted by atomic mass is 127. The highest BCUT2D eigenvalue weighted by molar-refractivity contribution is 14.1. The van der Waals surface area contributed by atoms with Gasteiger partial charge in [-0.25, -0.2) is 0 Å². The van der Waals surface area contributed by atoms with Gasteiger partial charge in [0, 0.05) is 25.0 Å². The Morgan fingerprint density at radius 3 is 2.50 bits per heavy atom. The van der Waals surface area contributed by atoms with Crippen molar-refractivity contribution in [1.29, 1.82) is 0 Å². The van der Waals surface area contributed by atoms with E-state index in [1.165, 1.54) is 5.69 Å². The van der Waals surface area contributed by atoms with E-state index in [2.05, 4.69) is 44.6 Å². The van der Waals surface area contributed by atoms with Crippen LogP contribution in [0, 0.1) is 3.57 Å². The third kappa shape index (κ3) is 3.78. The smallest absolute Gasteiger partial charge is 0.128 e. The number of phenols is 1. The molecule has 0 atom stereocenters. The summed E-state index contributed by atoms with van der Waals surface area (Å²) >= 11 is 2.11.